The molecule has 15 heavy (non-hydrogen) atoms. The molecule has 1 saturated heterocycles. The first-order valence-corrected chi connectivity index (χ1v) is 5.70. The first kappa shape index (κ1) is 13.0. The van der Waals surface area contributed by atoms with Gasteiger partial charge < -0.3 is 10.1 Å². The Balaban J connectivity index is 0.00000112. The molecule has 0 aromatic heterocycles. The quantitative estimate of drug-likeness (QED) is 0.925. The third-order valence-corrected chi connectivity index (χ3v) is 2.88. The van der Waals surface area contributed by atoms with Crippen molar-refractivity contribution in [1.29, 1.82) is 0 Å². The Labute approximate surface area is 105 Å². The van der Waals surface area contributed by atoms with Gasteiger partial charge in [0.15, 0.2) is 0 Å². The summed E-state index contributed by atoms with van der Waals surface area (Å²) >= 11 is 3.45. The highest BCUT2D eigenvalue weighted by molar-refractivity contribution is 9.10. The van der Waals surface area contributed by atoms with Crippen molar-refractivity contribution in [2.24, 2.45) is 0 Å². The Morgan fingerprint density at radius 1 is 1.47 bits per heavy atom. The Kier molecular flexibility index (Phi) is 5.61. The second-order valence-corrected chi connectivity index (χ2v) is 4.47. The van der Waals surface area contributed by atoms with E-state index in [1.807, 2.05) is 12.1 Å². The van der Waals surface area contributed by atoms with Crippen LogP contribution >= 0.6 is 28.3 Å². The standard InChI is InChI=1S/C11H14BrNO.ClH/c12-10-3-1-2-9(6-10)8-14-11-4-5-13-7-11;/h1-3,6,11,13H,4-5,7-8H2;1H. The summed E-state index contributed by atoms with van der Waals surface area (Å²) in [6, 6.07) is 8.26. The lowest BCUT2D eigenvalue weighted by atomic mass is 10.2. The summed E-state index contributed by atoms with van der Waals surface area (Å²) in [5.41, 5.74) is 1.23. The van der Waals surface area contributed by atoms with Crippen LogP contribution in [0.5, 0.6) is 0 Å². The smallest absolute Gasteiger partial charge is 0.0721 e. The van der Waals surface area contributed by atoms with Gasteiger partial charge in [-0.25, -0.2) is 0 Å². The van der Waals surface area contributed by atoms with Crippen molar-refractivity contribution in [3.8, 4) is 0 Å². The SMILES string of the molecule is Brc1cccc(COC2CCNC2)c1.Cl. The third-order valence-electron chi connectivity index (χ3n) is 2.39. The van der Waals surface area contributed by atoms with Crippen LogP contribution < -0.4 is 5.32 Å². The normalized spacial score (nSPS) is 19.9. The average molecular weight is 293 g/mol. The van der Waals surface area contributed by atoms with E-state index in [1.54, 1.807) is 0 Å². The lowest BCUT2D eigenvalue weighted by Gasteiger charge is -2.10. The summed E-state index contributed by atoms with van der Waals surface area (Å²) in [6.45, 7) is 2.79. The van der Waals surface area contributed by atoms with Crippen LogP contribution in [0.15, 0.2) is 28.7 Å². The van der Waals surface area contributed by atoms with Crippen LogP contribution in [0.3, 0.4) is 0 Å². The first-order chi connectivity index (χ1) is 6.84. The van der Waals surface area contributed by atoms with Crippen LogP contribution in [0.1, 0.15) is 12.0 Å². The van der Waals surface area contributed by atoms with Crippen molar-refractivity contribution in [3.05, 3.63) is 34.3 Å². The second kappa shape index (κ2) is 6.48. The first-order valence-electron chi connectivity index (χ1n) is 4.91. The van der Waals surface area contributed by atoms with Crippen molar-refractivity contribution >= 4 is 28.3 Å². The molecule has 0 bridgehead atoms. The molecule has 1 unspecified atom stereocenters. The molecule has 0 spiro atoms. The van der Waals surface area contributed by atoms with Crippen LogP contribution in [0.25, 0.3) is 0 Å². The Morgan fingerprint density at radius 2 is 2.33 bits per heavy atom. The van der Waals surface area contributed by atoms with E-state index in [1.165, 1.54) is 5.56 Å². The number of ether oxygens (including phenoxy) is 1. The zero-order chi connectivity index (χ0) is 9.80. The molecule has 0 saturated carbocycles. The summed E-state index contributed by atoms with van der Waals surface area (Å²) in [6.07, 6.45) is 1.53. The van der Waals surface area contributed by atoms with E-state index in [0.29, 0.717) is 12.7 Å². The summed E-state index contributed by atoms with van der Waals surface area (Å²) in [7, 11) is 0. The minimum Gasteiger partial charge on any atom is -0.372 e. The van der Waals surface area contributed by atoms with Gasteiger partial charge >= 0.3 is 0 Å². The summed E-state index contributed by atoms with van der Waals surface area (Å²) < 4.78 is 6.87. The monoisotopic (exact) mass is 291 g/mol. The van der Waals surface area contributed by atoms with Gasteiger partial charge in [0, 0.05) is 11.0 Å². The van der Waals surface area contributed by atoms with Crippen LogP contribution in [-0.4, -0.2) is 19.2 Å². The lowest BCUT2D eigenvalue weighted by molar-refractivity contribution is 0.0542. The lowest BCUT2D eigenvalue weighted by Crippen LogP contribution is -2.16. The van der Waals surface area contributed by atoms with Crippen LogP contribution in [-0.2, 0) is 11.3 Å². The van der Waals surface area contributed by atoms with E-state index in [2.05, 4.69) is 33.4 Å². The van der Waals surface area contributed by atoms with E-state index in [4.69, 9.17) is 4.74 Å². The molecule has 0 amide bonds. The van der Waals surface area contributed by atoms with E-state index < -0.39 is 0 Å². The van der Waals surface area contributed by atoms with Crippen molar-refractivity contribution in [1.82, 2.24) is 5.32 Å². The highest BCUT2D eigenvalue weighted by Gasteiger charge is 2.14. The molecule has 84 valence electrons. The molecule has 0 radical (unpaired) electrons. The fourth-order valence-electron chi connectivity index (χ4n) is 1.61. The van der Waals surface area contributed by atoms with Gasteiger partial charge in [-0.2, -0.15) is 0 Å². The van der Waals surface area contributed by atoms with Gasteiger partial charge in [-0.1, -0.05) is 28.1 Å². The minimum atomic E-state index is 0. The van der Waals surface area contributed by atoms with E-state index in [0.717, 1.165) is 24.0 Å². The predicted octanol–water partition coefficient (Wildman–Crippen LogP) is 2.75. The van der Waals surface area contributed by atoms with E-state index in [-0.39, 0.29) is 12.4 Å². The molecule has 1 N–H and O–H groups in total. The maximum Gasteiger partial charge on any atom is 0.0721 e. The Bertz CT molecular complexity index is 302. The van der Waals surface area contributed by atoms with Gasteiger partial charge in [0.1, 0.15) is 0 Å². The van der Waals surface area contributed by atoms with Gasteiger partial charge in [-0.3, -0.25) is 0 Å². The number of hydrogen-bond acceptors (Lipinski definition) is 2. The molecular weight excluding hydrogens is 277 g/mol. The number of nitrogens with one attached hydrogen (secondary N) is 1. The van der Waals surface area contributed by atoms with Gasteiger partial charge in [-0.05, 0) is 30.7 Å². The fourth-order valence-corrected chi connectivity index (χ4v) is 2.06. The zero-order valence-electron chi connectivity index (χ0n) is 8.41. The molecule has 1 aliphatic rings. The van der Waals surface area contributed by atoms with Crippen LogP contribution in [0, 0.1) is 0 Å². The largest absolute Gasteiger partial charge is 0.372 e. The van der Waals surface area contributed by atoms with Gasteiger partial charge in [0.05, 0.1) is 12.7 Å². The van der Waals surface area contributed by atoms with Gasteiger partial charge in [0.25, 0.3) is 0 Å². The summed E-state index contributed by atoms with van der Waals surface area (Å²) in [5, 5.41) is 3.29. The maximum absolute atomic E-state index is 5.76. The van der Waals surface area contributed by atoms with Gasteiger partial charge in [-0.15, -0.1) is 12.4 Å². The number of benzene rings is 1. The predicted molar refractivity (Wildman–Crippen MR) is 67.5 cm³/mol. The summed E-state index contributed by atoms with van der Waals surface area (Å²) in [5.74, 6) is 0. The molecule has 2 rings (SSSR count). The number of rotatable bonds is 3. The molecule has 1 fully saturated rings. The topological polar surface area (TPSA) is 21.3 Å². The van der Waals surface area contributed by atoms with E-state index >= 15 is 0 Å². The third kappa shape index (κ3) is 4.11. The molecule has 0 aliphatic carbocycles. The molecule has 1 aromatic rings. The summed E-state index contributed by atoms with van der Waals surface area (Å²) in [4.78, 5) is 0. The molecule has 2 nitrogen and oxygen atoms in total. The zero-order valence-corrected chi connectivity index (χ0v) is 10.8. The van der Waals surface area contributed by atoms with Crippen molar-refractivity contribution in [2.75, 3.05) is 13.1 Å². The highest BCUT2D eigenvalue weighted by Crippen LogP contribution is 2.14. The van der Waals surface area contributed by atoms with Crippen molar-refractivity contribution in [2.45, 2.75) is 19.1 Å². The highest BCUT2D eigenvalue weighted by atomic mass is 79.9. The van der Waals surface area contributed by atoms with Gasteiger partial charge in [0.2, 0.25) is 0 Å². The minimum absolute atomic E-state index is 0. The molecule has 1 aliphatic heterocycles. The molecule has 1 heterocycles. The molecular formula is C11H15BrClNO. The van der Waals surface area contributed by atoms with Crippen LogP contribution in [0.4, 0.5) is 0 Å². The average Bonchev–Trinajstić information content (AvgIpc) is 2.67. The van der Waals surface area contributed by atoms with Crippen molar-refractivity contribution in [3.63, 3.8) is 0 Å². The van der Waals surface area contributed by atoms with Crippen LogP contribution in [0.2, 0.25) is 0 Å². The molecule has 1 atom stereocenters. The number of halogens is 2. The maximum atomic E-state index is 5.76. The van der Waals surface area contributed by atoms with Crippen molar-refractivity contribution < 1.29 is 4.74 Å². The molecule has 4 heteroatoms. The Hall–Kier alpha value is -0.0900. The van der Waals surface area contributed by atoms with E-state index in [9.17, 15) is 0 Å². The number of hydrogen-bond donors (Lipinski definition) is 1. The fraction of sp³-hybridized carbons (Fsp3) is 0.455. The second-order valence-electron chi connectivity index (χ2n) is 3.56. The Morgan fingerprint density at radius 3 is 3.00 bits per heavy atom. The molecule has 1 aromatic carbocycles.